The molecule has 0 spiro atoms. The number of unbranched alkanes of at least 4 members (excludes halogenated alkanes) is 1. The van der Waals surface area contributed by atoms with Gasteiger partial charge in [0, 0.05) is 25.0 Å². The Balaban J connectivity index is 1.64. The van der Waals surface area contributed by atoms with E-state index in [2.05, 4.69) is 24.4 Å². The lowest BCUT2D eigenvalue weighted by Gasteiger charge is -2.27. The van der Waals surface area contributed by atoms with E-state index in [9.17, 15) is 10.1 Å². The van der Waals surface area contributed by atoms with Crippen molar-refractivity contribution in [2.75, 3.05) is 11.9 Å². The third-order valence-corrected chi connectivity index (χ3v) is 4.87. The van der Waals surface area contributed by atoms with Crippen LogP contribution in [0, 0.1) is 11.3 Å². The molecule has 0 saturated heterocycles. The Morgan fingerprint density at radius 2 is 1.93 bits per heavy atom. The maximum atomic E-state index is 12.5. The van der Waals surface area contributed by atoms with Crippen molar-refractivity contribution in [2.45, 2.75) is 39.2 Å². The molecule has 0 atom stereocenters. The molecule has 2 aromatic rings. The summed E-state index contributed by atoms with van der Waals surface area (Å²) in [6.07, 6.45) is 5.97. The standard InChI is InChI=1S/C23H25N3O/c1-2-3-6-18-9-11-22(12-10-18)25-23(27)21(15-24)17-26-14-13-19-7-4-5-8-20(19)16-26/h4-5,7-12,17H,2-3,6,13-14,16H2,1H3,(H,25,27)/b21-17-. The minimum absolute atomic E-state index is 0.129. The third-order valence-electron chi connectivity index (χ3n) is 4.87. The highest BCUT2D eigenvalue weighted by Gasteiger charge is 2.16. The second-order valence-electron chi connectivity index (χ2n) is 6.90. The number of aryl methyl sites for hydroxylation is 1. The van der Waals surface area contributed by atoms with Crippen molar-refractivity contribution in [3.8, 4) is 6.07 Å². The molecule has 1 aliphatic rings. The number of hydrogen-bond acceptors (Lipinski definition) is 3. The van der Waals surface area contributed by atoms with E-state index in [1.807, 2.05) is 47.4 Å². The largest absolute Gasteiger partial charge is 0.371 e. The third kappa shape index (κ3) is 4.98. The molecule has 27 heavy (non-hydrogen) atoms. The van der Waals surface area contributed by atoms with Crippen LogP contribution >= 0.6 is 0 Å². The van der Waals surface area contributed by atoms with Crippen molar-refractivity contribution in [3.63, 3.8) is 0 Å². The first kappa shape index (κ1) is 18.7. The van der Waals surface area contributed by atoms with Crippen LogP contribution in [0.25, 0.3) is 0 Å². The zero-order valence-electron chi connectivity index (χ0n) is 15.7. The van der Waals surface area contributed by atoms with E-state index >= 15 is 0 Å². The predicted molar refractivity (Wildman–Crippen MR) is 108 cm³/mol. The number of nitrogens with one attached hydrogen (secondary N) is 1. The van der Waals surface area contributed by atoms with Crippen LogP contribution in [-0.2, 0) is 24.2 Å². The molecule has 1 heterocycles. The number of hydrogen-bond donors (Lipinski definition) is 1. The lowest BCUT2D eigenvalue weighted by molar-refractivity contribution is -0.112. The Morgan fingerprint density at radius 3 is 2.63 bits per heavy atom. The highest BCUT2D eigenvalue weighted by molar-refractivity contribution is 6.06. The molecular weight excluding hydrogens is 334 g/mol. The summed E-state index contributed by atoms with van der Waals surface area (Å²) in [5.41, 5.74) is 4.70. The smallest absolute Gasteiger partial charge is 0.267 e. The monoisotopic (exact) mass is 359 g/mol. The van der Waals surface area contributed by atoms with Crippen LogP contribution < -0.4 is 5.32 Å². The zero-order valence-corrected chi connectivity index (χ0v) is 15.7. The average Bonchev–Trinajstić information content (AvgIpc) is 2.71. The number of amides is 1. The molecule has 0 aromatic heterocycles. The van der Waals surface area contributed by atoms with Crippen LogP contribution in [0.5, 0.6) is 0 Å². The van der Waals surface area contributed by atoms with Gasteiger partial charge in [-0.2, -0.15) is 5.26 Å². The summed E-state index contributed by atoms with van der Waals surface area (Å²) in [7, 11) is 0. The number of carbonyl (C=O) groups excluding carboxylic acids is 1. The lowest BCUT2D eigenvalue weighted by Crippen LogP contribution is -2.27. The molecule has 2 aromatic carbocycles. The first-order chi connectivity index (χ1) is 13.2. The fourth-order valence-electron chi connectivity index (χ4n) is 3.28. The fraction of sp³-hybridized carbons (Fsp3) is 0.304. The molecule has 3 rings (SSSR count). The van der Waals surface area contributed by atoms with Gasteiger partial charge in [0.15, 0.2) is 0 Å². The normalized spacial score (nSPS) is 13.6. The summed E-state index contributed by atoms with van der Waals surface area (Å²) in [4.78, 5) is 14.5. The number of carbonyl (C=O) groups is 1. The van der Waals surface area contributed by atoms with E-state index in [1.165, 1.54) is 16.7 Å². The Labute approximate surface area is 161 Å². The number of nitriles is 1. The molecule has 1 amide bonds. The first-order valence-electron chi connectivity index (χ1n) is 9.52. The summed E-state index contributed by atoms with van der Waals surface area (Å²) in [5, 5.41) is 12.3. The Kier molecular flexibility index (Phi) is 6.27. The van der Waals surface area contributed by atoms with Gasteiger partial charge in [-0.25, -0.2) is 0 Å². The summed E-state index contributed by atoms with van der Waals surface area (Å²) >= 11 is 0. The average molecular weight is 359 g/mol. The molecule has 0 bridgehead atoms. The fourth-order valence-corrected chi connectivity index (χ4v) is 3.28. The van der Waals surface area contributed by atoms with Crippen molar-refractivity contribution in [1.82, 2.24) is 4.90 Å². The molecule has 0 saturated carbocycles. The molecule has 0 radical (unpaired) electrons. The van der Waals surface area contributed by atoms with E-state index in [-0.39, 0.29) is 11.5 Å². The van der Waals surface area contributed by atoms with E-state index in [4.69, 9.17) is 0 Å². The van der Waals surface area contributed by atoms with Crippen LogP contribution in [0.15, 0.2) is 60.3 Å². The quantitative estimate of drug-likeness (QED) is 0.613. The second kappa shape index (κ2) is 9.05. The van der Waals surface area contributed by atoms with Crippen LogP contribution in [0.1, 0.15) is 36.5 Å². The van der Waals surface area contributed by atoms with E-state index in [1.54, 1.807) is 6.20 Å². The SMILES string of the molecule is CCCCc1ccc(NC(=O)/C(C#N)=C\N2CCc3ccccc3C2)cc1. The molecule has 138 valence electrons. The van der Waals surface area contributed by atoms with Gasteiger partial charge < -0.3 is 10.2 Å². The first-order valence-corrected chi connectivity index (χ1v) is 9.52. The number of benzene rings is 2. The summed E-state index contributed by atoms with van der Waals surface area (Å²) < 4.78 is 0. The molecule has 0 fully saturated rings. The molecule has 4 nitrogen and oxygen atoms in total. The van der Waals surface area contributed by atoms with Gasteiger partial charge in [0.25, 0.3) is 5.91 Å². The topological polar surface area (TPSA) is 56.1 Å². The number of rotatable bonds is 6. The summed E-state index contributed by atoms with van der Waals surface area (Å²) in [5.74, 6) is -0.363. The van der Waals surface area contributed by atoms with E-state index in [0.717, 1.165) is 38.8 Å². The molecule has 4 heteroatoms. The number of fused-ring (bicyclic) bond motifs is 1. The van der Waals surface area contributed by atoms with Gasteiger partial charge in [-0.15, -0.1) is 0 Å². The van der Waals surface area contributed by atoms with E-state index < -0.39 is 0 Å². The molecule has 0 aliphatic carbocycles. The summed E-state index contributed by atoms with van der Waals surface area (Å²) in [6.45, 7) is 3.70. The van der Waals surface area contributed by atoms with Crippen molar-refractivity contribution < 1.29 is 4.79 Å². The van der Waals surface area contributed by atoms with Crippen molar-refractivity contribution in [3.05, 3.63) is 77.0 Å². The highest BCUT2D eigenvalue weighted by atomic mass is 16.1. The number of nitrogens with zero attached hydrogens (tertiary/aromatic N) is 2. The number of anilines is 1. The van der Waals surface area contributed by atoms with Crippen molar-refractivity contribution in [2.24, 2.45) is 0 Å². The Bertz CT molecular complexity index is 862. The molecule has 0 unspecified atom stereocenters. The van der Waals surface area contributed by atoms with Gasteiger partial charge in [-0.3, -0.25) is 4.79 Å². The predicted octanol–water partition coefficient (Wildman–Crippen LogP) is 4.43. The summed E-state index contributed by atoms with van der Waals surface area (Å²) in [6, 6.07) is 18.2. The molecular formula is C23H25N3O. The zero-order chi connectivity index (χ0) is 19.1. The minimum Gasteiger partial charge on any atom is -0.371 e. The van der Waals surface area contributed by atoms with Crippen LogP contribution in [0.2, 0.25) is 0 Å². The van der Waals surface area contributed by atoms with Crippen molar-refractivity contribution >= 4 is 11.6 Å². The highest BCUT2D eigenvalue weighted by Crippen LogP contribution is 2.19. The van der Waals surface area contributed by atoms with Crippen LogP contribution in [0.4, 0.5) is 5.69 Å². The van der Waals surface area contributed by atoms with Crippen LogP contribution in [-0.4, -0.2) is 17.4 Å². The van der Waals surface area contributed by atoms with Gasteiger partial charge >= 0.3 is 0 Å². The Hall–Kier alpha value is -3.06. The van der Waals surface area contributed by atoms with Gasteiger partial charge in [0.05, 0.1) is 0 Å². The van der Waals surface area contributed by atoms with Crippen molar-refractivity contribution in [1.29, 1.82) is 5.26 Å². The van der Waals surface area contributed by atoms with Gasteiger partial charge in [0.1, 0.15) is 11.6 Å². The lowest BCUT2D eigenvalue weighted by atomic mass is 10.00. The van der Waals surface area contributed by atoms with Gasteiger partial charge in [-0.05, 0) is 48.1 Å². The van der Waals surface area contributed by atoms with Gasteiger partial charge in [0.2, 0.25) is 0 Å². The molecule has 1 N–H and O–H groups in total. The maximum absolute atomic E-state index is 12.5. The second-order valence-corrected chi connectivity index (χ2v) is 6.90. The minimum atomic E-state index is -0.363. The van der Waals surface area contributed by atoms with Gasteiger partial charge in [-0.1, -0.05) is 49.7 Å². The van der Waals surface area contributed by atoms with E-state index in [0.29, 0.717) is 5.69 Å². The Morgan fingerprint density at radius 1 is 1.19 bits per heavy atom. The maximum Gasteiger partial charge on any atom is 0.267 e. The molecule has 1 aliphatic heterocycles. The van der Waals surface area contributed by atoms with Crippen LogP contribution in [0.3, 0.4) is 0 Å².